The highest BCUT2D eigenvalue weighted by Crippen LogP contribution is 2.20. The van der Waals surface area contributed by atoms with E-state index in [4.69, 9.17) is 4.74 Å². The highest BCUT2D eigenvalue weighted by Gasteiger charge is 2.34. The van der Waals surface area contributed by atoms with Gasteiger partial charge in [-0.2, -0.15) is 0 Å². The molecule has 1 fully saturated rings. The second-order valence-corrected chi connectivity index (χ2v) is 5.76. The van der Waals surface area contributed by atoms with Gasteiger partial charge in [0.15, 0.2) is 0 Å². The summed E-state index contributed by atoms with van der Waals surface area (Å²) in [6, 6.07) is 8.16. The minimum Gasteiger partial charge on any atom is -0.379 e. The van der Waals surface area contributed by atoms with Crippen molar-refractivity contribution in [2.24, 2.45) is 0 Å². The van der Waals surface area contributed by atoms with Gasteiger partial charge in [-0.15, -0.1) is 0 Å². The summed E-state index contributed by atoms with van der Waals surface area (Å²) in [5, 5.41) is 6.44. The summed E-state index contributed by atoms with van der Waals surface area (Å²) in [7, 11) is 0. The average molecular weight is 260 g/mol. The fourth-order valence-electron chi connectivity index (χ4n) is 2.79. The van der Waals surface area contributed by atoms with E-state index in [9.17, 15) is 4.79 Å². The van der Waals surface area contributed by atoms with Crippen molar-refractivity contribution in [3.8, 4) is 0 Å². The Morgan fingerprint density at radius 3 is 2.95 bits per heavy atom. The molecular formula is C15H20N2O2. The molecule has 19 heavy (non-hydrogen) atoms. The zero-order valence-corrected chi connectivity index (χ0v) is 11.2. The summed E-state index contributed by atoms with van der Waals surface area (Å²) in [6.45, 7) is 4.16. The number of fused-ring (bicyclic) bond motifs is 1. The molecule has 2 heterocycles. The first-order valence-corrected chi connectivity index (χ1v) is 6.86. The topological polar surface area (TPSA) is 50.4 Å². The van der Waals surface area contributed by atoms with Gasteiger partial charge in [-0.25, -0.2) is 0 Å². The van der Waals surface area contributed by atoms with Gasteiger partial charge in [-0.05, 0) is 30.9 Å². The third-order valence-corrected chi connectivity index (χ3v) is 4.04. The second-order valence-electron chi connectivity index (χ2n) is 5.76. The van der Waals surface area contributed by atoms with Gasteiger partial charge in [0.25, 0.3) is 0 Å². The van der Waals surface area contributed by atoms with Gasteiger partial charge in [0.05, 0.1) is 18.2 Å². The van der Waals surface area contributed by atoms with Crippen LogP contribution in [0, 0.1) is 0 Å². The van der Waals surface area contributed by atoms with E-state index in [1.54, 1.807) is 0 Å². The fraction of sp³-hybridized carbons (Fsp3) is 0.533. The Bertz CT molecular complexity index is 481. The molecule has 102 valence electrons. The summed E-state index contributed by atoms with van der Waals surface area (Å²) in [4.78, 5) is 12.3. The van der Waals surface area contributed by atoms with Gasteiger partial charge in [0, 0.05) is 13.2 Å². The van der Waals surface area contributed by atoms with Crippen LogP contribution in [0.4, 0.5) is 0 Å². The Morgan fingerprint density at radius 1 is 1.42 bits per heavy atom. The van der Waals surface area contributed by atoms with Crippen LogP contribution >= 0.6 is 0 Å². The quantitative estimate of drug-likeness (QED) is 0.834. The highest BCUT2D eigenvalue weighted by molar-refractivity contribution is 5.83. The van der Waals surface area contributed by atoms with Crippen molar-refractivity contribution in [1.29, 1.82) is 0 Å². The predicted octanol–water partition coefficient (Wildman–Crippen LogP) is 0.996. The standard InChI is InChI=1S/C15H20N2O2/c1-15(6-7-19-10-15)17-14(18)13-8-11-4-2-3-5-12(11)9-16-13/h2-5,13,16H,6-10H2,1H3,(H,17,18)/t13-,15?/m1/s1. The first kappa shape index (κ1) is 12.6. The fourth-order valence-corrected chi connectivity index (χ4v) is 2.79. The largest absolute Gasteiger partial charge is 0.379 e. The number of rotatable bonds is 2. The molecule has 0 aliphatic carbocycles. The van der Waals surface area contributed by atoms with Crippen molar-refractivity contribution in [3.05, 3.63) is 35.4 Å². The normalized spacial score (nSPS) is 29.8. The van der Waals surface area contributed by atoms with Crippen molar-refractivity contribution >= 4 is 5.91 Å². The molecule has 2 atom stereocenters. The van der Waals surface area contributed by atoms with E-state index >= 15 is 0 Å². The molecule has 0 spiro atoms. The third-order valence-electron chi connectivity index (χ3n) is 4.04. The average Bonchev–Trinajstić information content (AvgIpc) is 2.84. The SMILES string of the molecule is CC1(NC(=O)[C@H]2Cc3ccccc3CN2)CCOC1. The maximum absolute atomic E-state index is 12.3. The van der Waals surface area contributed by atoms with E-state index in [1.807, 2.05) is 12.1 Å². The Balaban J connectivity index is 1.66. The van der Waals surface area contributed by atoms with Crippen molar-refractivity contribution in [1.82, 2.24) is 10.6 Å². The van der Waals surface area contributed by atoms with Gasteiger partial charge in [0.2, 0.25) is 5.91 Å². The molecular weight excluding hydrogens is 240 g/mol. The van der Waals surface area contributed by atoms with Crippen LogP contribution in [0.5, 0.6) is 0 Å². The molecule has 2 aliphatic rings. The minimum atomic E-state index is -0.199. The van der Waals surface area contributed by atoms with Crippen LogP contribution in [-0.2, 0) is 22.5 Å². The van der Waals surface area contributed by atoms with Gasteiger partial charge in [-0.1, -0.05) is 24.3 Å². The molecule has 0 bridgehead atoms. The zero-order chi connectivity index (χ0) is 13.3. The summed E-state index contributed by atoms with van der Waals surface area (Å²) >= 11 is 0. The second kappa shape index (κ2) is 4.94. The van der Waals surface area contributed by atoms with E-state index < -0.39 is 0 Å². The molecule has 1 aromatic rings. The van der Waals surface area contributed by atoms with Crippen molar-refractivity contribution < 1.29 is 9.53 Å². The number of hydrogen-bond acceptors (Lipinski definition) is 3. The van der Waals surface area contributed by atoms with Crippen LogP contribution in [0.1, 0.15) is 24.5 Å². The number of benzene rings is 1. The number of hydrogen-bond donors (Lipinski definition) is 2. The number of nitrogens with one attached hydrogen (secondary N) is 2. The molecule has 4 heteroatoms. The Hall–Kier alpha value is -1.39. The maximum Gasteiger partial charge on any atom is 0.237 e. The van der Waals surface area contributed by atoms with Crippen LogP contribution < -0.4 is 10.6 Å². The molecule has 0 saturated carbocycles. The van der Waals surface area contributed by atoms with Gasteiger partial charge < -0.3 is 15.4 Å². The van der Waals surface area contributed by atoms with Crippen molar-refractivity contribution in [2.45, 2.75) is 37.9 Å². The third kappa shape index (κ3) is 2.65. The lowest BCUT2D eigenvalue weighted by Crippen LogP contribution is -2.55. The molecule has 1 saturated heterocycles. The molecule has 2 aliphatic heterocycles. The summed E-state index contributed by atoms with van der Waals surface area (Å²) in [5.74, 6) is 0.0857. The Kier molecular flexibility index (Phi) is 3.29. The van der Waals surface area contributed by atoms with E-state index in [0.717, 1.165) is 26.0 Å². The molecule has 1 aromatic carbocycles. The summed E-state index contributed by atoms with van der Waals surface area (Å²) in [5.41, 5.74) is 2.37. The highest BCUT2D eigenvalue weighted by atomic mass is 16.5. The maximum atomic E-state index is 12.3. The van der Waals surface area contributed by atoms with Crippen LogP contribution in [0.25, 0.3) is 0 Å². The molecule has 3 rings (SSSR count). The van der Waals surface area contributed by atoms with Crippen LogP contribution in [0.15, 0.2) is 24.3 Å². The van der Waals surface area contributed by atoms with Crippen molar-refractivity contribution in [2.75, 3.05) is 13.2 Å². The summed E-state index contributed by atoms with van der Waals surface area (Å²) in [6.07, 6.45) is 1.65. The lowest BCUT2D eigenvalue weighted by atomic mass is 9.94. The lowest BCUT2D eigenvalue weighted by molar-refractivity contribution is -0.125. The first-order chi connectivity index (χ1) is 9.16. The molecule has 4 nitrogen and oxygen atoms in total. The zero-order valence-electron chi connectivity index (χ0n) is 11.2. The van der Waals surface area contributed by atoms with E-state index in [0.29, 0.717) is 6.61 Å². The van der Waals surface area contributed by atoms with Gasteiger partial charge >= 0.3 is 0 Å². The van der Waals surface area contributed by atoms with E-state index in [-0.39, 0.29) is 17.5 Å². The Morgan fingerprint density at radius 2 is 2.21 bits per heavy atom. The van der Waals surface area contributed by atoms with Gasteiger partial charge in [0.1, 0.15) is 0 Å². The van der Waals surface area contributed by atoms with Crippen LogP contribution in [0.3, 0.4) is 0 Å². The van der Waals surface area contributed by atoms with E-state index in [1.165, 1.54) is 11.1 Å². The number of ether oxygens (including phenoxy) is 1. The summed E-state index contributed by atoms with van der Waals surface area (Å²) < 4.78 is 5.37. The first-order valence-electron chi connectivity index (χ1n) is 6.86. The van der Waals surface area contributed by atoms with Crippen LogP contribution in [-0.4, -0.2) is 30.7 Å². The number of amides is 1. The molecule has 0 radical (unpaired) electrons. The number of carbonyl (C=O) groups excluding carboxylic acids is 1. The van der Waals surface area contributed by atoms with Crippen molar-refractivity contribution in [3.63, 3.8) is 0 Å². The Labute approximate surface area is 113 Å². The van der Waals surface area contributed by atoms with Gasteiger partial charge in [-0.3, -0.25) is 4.79 Å². The monoisotopic (exact) mass is 260 g/mol. The van der Waals surface area contributed by atoms with Crippen LogP contribution in [0.2, 0.25) is 0 Å². The van der Waals surface area contributed by atoms with E-state index in [2.05, 4.69) is 29.7 Å². The number of carbonyl (C=O) groups is 1. The smallest absolute Gasteiger partial charge is 0.237 e. The molecule has 1 unspecified atom stereocenters. The lowest BCUT2D eigenvalue weighted by Gasteiger charge is -2.30. The predicted molar refractivity (Wildman–Crippen MR) is 72.8 cm³/mol. The molecule has 2 N–H and O–H groups in total. The molecule has 1 amide bonds. The minimum absolute atomic E-state index is 0.0857. The molecule has 0 aromatic heterocycles.